The predicted molar refractivity (Wildman–Crippen MR) is 87.4 cm³/mol. The topological polar surface area (TPSA) is 89.5 Å². The summed E-state index contributed by atoms with van der Waals surface area (Å²) in [6, 6.07) is 8.25. The van der Waals surface area contributed by atoms with Crippen molar-refractivity contribution in [1.29, 1.82) is 0 Å². The monoisotopic (exact) mass is 381 g/mol. The molecule has 0 unspecified atom stereocenters. The van der Waals surface area contributed by atoms with Gasteiger partial charge in [0.25, 0.3) is 11.6 Å². The number of nitrogen functional groups attached to an aromatic ring is 1. The third kappa shape index (κ3) is 3.84. The molecule has 1 amide bonds. The smallest absolute Gasteiger partial charge is 0.292 e. The van der Waals surface area contributed by atoms with Gasteiger partial charge in [0.15, 0.2) is 0 Å². The number of nitro benzene ring substituents is 1. The summed E-state index contributed by atoms with van der Waals surface area (Å²) in [5.74, 6) is -0.899. The predicted octanol–water partition coefficient (Wildman–Crippen LogP) is 3.35. The number of nitro groups is 1. The minimum absolute atomic E-state index is 0.0211. The van der Waals surface area contributed by atoms with Crippen LogP contribution in [0.4, 0.5) is 15.8 Å². The normalized spacial score (nSPS) is 10.4. The second-order valence-corrected chi connectivity index (χ2v) is 5.84. The number of hydrogen-bond donors (Lipinski definition) is 1. The number of amides is 1. The number of nitrogens with zero attached hydrogens (tertiary/aromatic N) is 2. The molecule has 0 saturated carbocycles. The van der Waals surface area contributed by atoms with Gasteiger partial charge in [-0.15, -0.1) is 0 Å². The first-order valence-electron chi connectivity index (χ1n) is 6.53. The Morgan fingerprint density at radius 2 is 2.04 bits per heavy atom. The molecule has 8 heteroatoms. The Kier molecular flexibility index (Phi) is 4.95. The lowest BCUT2D eigenvalue weighted by Gasteiger charge is -2.18. The molecule has 120 valence electrons. The van der Waals surface area contributed by atoms with E-state index in [1.807, 2.05) is 0 Å². The Bertz CT molecular complexity index is 783. The first-order chi connectivity index (χ1) is 10.8. The third-order valence-corrected chi connectivity index (χ3v) is 3.73. The van der Waals surface area contributed by atoms with Crippen molar-refractivity contribution in [3.8, 4) is 0 Å². The number of rotatable bonds is 4. The highest BCUT2D eigenvalue weighted by molar-refractivity contribution is 9.10. The Labute approximate surface area is 140 Å². The maximum Gasteiger partial charge on any atom is 0.292 e. The average molecular weight is 382 g/mol. The first-order valence-corrected chi connectivity index (χ1v) is 7.32. The summed E-state index contributed by atoms with van der Waals surface area (Å²) in [6.07, 6.45) is 0. The molecular formula is C15H13BrFN3O3. The van der Waals surface area contributed by atoms with Crippen LogP contribution in [0.2, 0.25) is 0 Å². The Hall–Kier alpha value is -2.48. The van der Waals surface area contributed by atoms with E-state index in [4.69, 9.17) is 5.73 Å². The fraction of sp³-hybridized carbons (Fsp3) is 0.133. The molecule has 0 aliphatic rings. The molecule has 0 fully saturated rings. The second-order valence-electron chi connectivity index (χ2n) is 4.93. The van der Waals surface area contributed by atoms with Gasteiger partial charge in [-0.1, -0.05) is 15.9 Å². The van der Waals surface area contributed by atoms with Gasteiger partial charge in [-0.05, 0) is 30.3 Å². The molecule has 2 aromatic carbocycles. The molecule has 0 heterocycles. The summed E-state index contributed by atoms with van der Waals surface area (Å²) >= 11 is 3.24. The fourth-order valence-electron chi connectivity index (χ4n) is 2.05. The van der Waals surface area contributed by atoms with Crippen LogP contribution in [0.15, 0.2) is 40.9 Å². The molecule has 0 bridgehead atoms. The summed E-state index contributed by atoms with van der Waals surface area (Å²) in [5.41, 5.74) is 5.60. The molecule has 0 spiro atoms. The van der Waals surface area contributed by atoms with Crippen LogP contribution in [0.25, 0.3) is 0 Å². The van der Waals surface area contributed by atoms with Gasteiger partial charge in [0.2, 0.25) is 0 Å². The zero-order valence-electron chi connectivity index (χ0n) is 12.1. The first kappa shape index (κ1) is 16.9. The van der Waals surface area contributed by atoms with Crippen molar-refractivity contribution >= 4 is 33.2 Å². The molecule has 0 aromatic heterocycles. The van der Waals surface area contributed by atoms with Gasteiger partial charge >= 0.3 is 0 Å². The molecule has 0 aliphatic heterocycles. The zero-order valence-corrected chi connectivity index (χ0v) is 13.7. The Morgan fingerprint density at radius 1 is 1.35 bits per heavy atom. The lowest BCUT2D eigenvalue weighted by Crippen LogP contribution is -2.26. The molecular weight excluding hydrogens is 369 g/mol. The number of anilines is 1. The van der Waals surface area contributed by atoms with E-state index in [0.29, 0.717) is 10.0 Å². The number of halogens is 2. The summed E-state index contributed by atoms with van der Waals surface area (Å²) in [6.45, 7) is 0.0300. The van der Waals surface area contributed by atoms with Crippen molar-refractivity contribution in [3.63, 3.8) is 0 Å². The van der Waals surface area contributed by atoms with E-state index < -0.39 is 16.6 Å². The van der Waals surface area contributed by atoms with Crippen molar-refractivity contribution in [2.24, 2.45) is 0 Å². The van der Waals surface area contributed by atoms with Crippen molar-refractivity contribution in [2.75, 3.05) is 12.8 Å². The van der Waals surface area contributed by atoms with Gasteiger partial charge in [0.1, 0.15) is 11.5 Å². The number of nitrogens with two attached hydrogens (primary N) is 1. The quantitative estimate of drug-likeness (QED) is 0.499. The minimum atomic E-state index is -0.653. The van der Waals surface area contributed by atoms with Crippen molar-refractivity contribution < 1.29 is 14.1 Å². The SMILES string of the molecule is CN(Cc1cc(Br)ccc1F)C(=O)c1ccc(N)c([N+](=O)[O-])c1. The summed E-state index contributed by atoms with van der Waals surface area (Å²) in [7, 11) is 1.49. The van der Waals surface area contributed by atoms with Gasteiger partial charge < -0.3 is 10.6 Å². The molecule has 2 N–H and O–H groups in total. The molecule has 0 aliphatic carbocycles. The third-order valence-electron chi connectivity index (χ3n) is 3.24. The lowest BCUT2D eigenvalue weighted by atomic mass is 10.1. The largest absolute Gasteiger partial charge is 0.393 e. The molecule has 2 aromatic rings. The number of hydrogen-bond acceptors (Lipinski definition) is 4. The van der Waals surface area contributed by atoms with Gasteiger partial charge in [0.05, 0.1) is 4.92 Å². The van der Waals surface area contributed by atoms with Gasteiger partial charge in [-0.3, -0.25) is 14.9 Å². The van der Waals surface area contributed by atoms with Crippen LogP contribution in [-0.2, 0) is 6.54 Å². The molecule has 23 heavy (non-hydrogen) atoms. The minimum Gasteiger partial charge on any atom is -0.393 e. The van der Waals surface area contributed by atoms with Crippen molar-refractivity contribution in [1.82, 2.24) is 4.90 Å². The fourth-order valence-corrected chi connectivity index (χ4v) is 2.46. The van der Waals surface area contributed by atoms with Crippen LogP contribution in [0.1, 0.15) is 15.9 Å². The van der Waals surface area contributed by atoms with Gasteiger partial charge in [-0.25, -0.2) is 4.39 Å². The number of carbonyl (C=O) groups is 1. The highest BCUT2D eigenvalue weighted by atomic mass is 79.9. The summed E-state index contributed by atoms with van der Waals surface area (Å²) in [4.78, 5) is 23.9. The molecule has 0 saturated heterocycles. The van der Waals surface area contributed by atoms with E-state index in [2.05, 4.69) is 15.9 Å². The maximum atomic E-state index is 13.8. The standard InChI is InChI=1S/C15H13BrFN3O3/c1-19(8-10-6-11(16)3-4-12(10)17)15(21)9-2-5-13(18)14(7-9)20(22)23/h2-7H,8,18H2,1H3. The van der Waals surface area contributed by atoms with E-state index in [1.165, 1.54) is 30.1 Å². The lowest BCUT2D eigenvalue weighted by molar-refractivity contribution is -0.383. The van der Waals surface area contributed by atoms with Crippen LogP contribution in [0.5, 0.6) is 0 Å². The summed E-state index contributed by atoms with van der Waals surface area (Å²) < 4.78 is 14.4. The molecule has 0 atom stereocenters. The average Bonchev–Trinajstić information content (AvgIpc) is 2.50. The van der Waals surface area contributed by atoms with Crippen molar-refractivity contribution in [2.45, 2.75) is 6.54 Å². The highest BCUT2D eigenvalue weighted by Gasteiger charge is 2.19. The molecule has 6 nitrogen and oxygen atoms in total. The van der Waals surface area contributed by atoms with Crippen LogP contribution >= 0.6 is 15.9 Å². The molecule has 0 radical (unpaired) electrons. The second kappa shape index (κ2) is 6.74. The summed E-state index contributed by atoms with van der Waals surface area (Å²) in [5, 5.41) is 10.9. The van der Waals surface area contributed by atoms with E-state index in [9.17, 15) is 19.3 Å². The highest BCUT2D eigenvalue weighted by Crippen LogP contribution is 2.23. The Morgan fingerprint density at radius 3 is 2.70 bits per heavy atom. The van der Waals surface area contributed by atoms with Crippen molar-refractivity contribution in [3.05, 3.63) is 67.9 Å². The Balaban J connectivity index is 2.24. The van der Waals surface area contributed by atoms with Gasteiger partial charge in [0, 0.05) is 35.3 Å². The number of carbonyl (C=O) groups excluding carboxylic acids is 1. The van der Waals surface area contributed by atoms with E-state index in [1.54, 1.807) is 12.1 Å². The van der Waals surface area contributed by atoms with E-state index >= 15 is 0 Å². The van der Waals surface area contributed by atoms with Crippen LogP contribution in [0, 0.1) is 15.9 Å². The van der Waals surface area contributed by atoms with Crippen LogP contribution in [0.3, 0.4) is 0 Å². The molecule has 2 rings (SSSR count). The van der Waals surface area contributed by atoms with Gasteiger partial charge in [-0.2, -0.15) is 0 Å². The zero-order chi connectivity index (χ0) is 17.1. The van der Waals surface area contributed by atoms with Crippen LogP contribution < -0.4 is 5.73 Å². The van der Waals surface area contributed by atoms with E-state index in [-0.39, 0.29) is 23.5 Å². The van der Waals surface area contributed by atoms with Crippen LogP contribution in [-0.4, -0.2) is 22.8 Å². The number of benzene rings is 2. The maximum absolute atomic E-state index is 13.8. The van der Waals surface area contributed by atoms with E-state index in [0.717, 1.165) is 6.07 Å².